The van der Waals surface area contributed by atoms with E-state index < -0.39 is 12.0 Å². The number of aliphatic carboxylic acids is 1. The molecule has 2 aliphatic heterocycles. The number of nitrogens with zero attached hydrogens (tertiary/aromatic N) is 4. The summed E-state index contributed by atoms with van der Waals surface area (Å²) in [5, 5.41) is 9.65. The van der Waals surface area contributed by atoms with E-state index in [1.54, 1.807) is 23.5 Å². The van der Waals surface area contributed by atoms with Gasteiger partial charge < -0.3 is 14.9 Å². The summed E-state index contributed by atoms with van der Waals surface area (Å²) in [6, 6.07) is -0.496. The maximum atomic E-state index is 13.2. The van der Waals surface area contributed by atoms with Crippen molar-refractivity contribution >= 4 is 17.7 Å². The lowest BCUT2D eigenvalue weighted by Gasteiger charge is -2.38. The summed E-state index contributed by atoms with van der Waals surface area (Å²) < 4.78 is 0. The maximum absolute atomic E-state index is 13.2. The maximum Gasteiger partial charge on any atom is 0.326 e. The van der Waals surface area contributed by atoms with Crippen LogP contribution in [-0.2, 0) is 9.59 Å². The second kappa shape index (κ2) is 7.21. The molecule has 3 fully saturated rings. The van der Waals surface area contributed by atoms with E-state index in [1.807, 2.05) is 0 Å². The average molecular weight is 358 g/mol. The third-order valence-electron chi connectivity index (χ3n) is 6.35. The molecule has 1 aliphatic carbocycles. The summed E-state index contributed by atoms with van der Waals surface area (Å²) in [6.07, 6.45) is 11.5. The summed E-state index contributed by atoms with van der Waals surface area (Å²) in [5.41, 5.74) is 0. The van der Waals surface area contributed by atoms with Crippen molar-refractivity contribution < 1.29 is 14.7 Å². The van der Waals surface area contributed by atoms with Crippen molar-refractivity contribution in [3.63, 3.8) is 0 Å². The monoisotopic (exact) mass is 358 g/mol. The Morgan fingerprint density at radius 2 is 1.85 bits per heavy atom. The zero-order chi connectivity index (χ0) is 18.1. The van der Waals surface area contributed by atoms with E-state index in [2.05, 4.69) is 14.9 Å². The number of carbonyl (C=O) groups excluding carboxylic acids is 1. The summed E-state index contributed by atoms with van der Waals surface area (Å²) in [7, 11) is 0. The molecule has 4 rings (SSSR count). The number of hydrogen-bond acceptors (Lipinski definition) is 5. The Morgan fingerprint density at radius 1 is 1.08 bits per heavy atom. The first-order valence-electron chi connectivity index (χ1n) is 9.71. The first kappa shape index (κ1) is 17.2. The molecule has 0 spiro atoms. The predicted octanol–water partition coefficient (Wildman–Crippen LogP) is 1.94. The molecule has 140 valence electrons. The number of anilines is 1. The Morgan fingerprint density at radius 3 is 2.54 bits per heavy atom. The van der Waals surface area contributed by atoms with Crippen LogP contribution in [0.1, 0.15) is 44.9 Å². The Bertz CT molecular complexity index is 660. The minimum atomic E-state index is -0.843. The van der Waals surface area contributed by atoms with E-state index in [1.165, 1.54) is 0 Å². The smallest absolute Gasteiger partial charge is 0.326 e. The molecule has 0 aromatic carbocycles. The van der Waals surface area contributed by atoms with Gasteiger partial charge in [0.05, 0.1) is 6.20 Å². The molecule has 26 heavy (non-hydrogen) atoms. The van der Waals surface area contributed by atoms with E-state index in [0.717, 1.165) is 57.4 Å². The highest BCUT2D eigenvalue weighted by atomic mass is 16.4. The van der Waals surface area contributed by atoms with Crippen LogP contribution in [0.2, 0.25) is 0 Å². The lowest BCUT2D eigenvalue weighted by atomic mass is 9.84. The van der Waals surface area contributed by atoms with E-state index in [4.69, 9.17) is 0 Å². The molecular weight excluding hydrogens is 332 g/mol. The Hall–Kier alpha value is -2.18. The number of carboxylic acid groups (broad SMARTS) is 1. The Balaban J connectivity index is 1.44. The third-order valence-corrected chi connectivity index (χ3v) is 6.35. The summed E-state index contributed by atoms with van der Waals surface area (Å²) in [4.78, 5) is 37.3. The van der Waals surface area contributed by atoms with Crippen LogP contribution in [-0.4, -0.2) is 57.0 Å². The van der Waals surface area contributed by atoms with Gasteiger partial charge in [-0.1, -0.05) is 12.8 Å². The van der Waals surface area contributed by atoms with Gasteiger partial charge in [0.25, 0.3) is 0 Å². The Kier molecular flexibility index (Phi) is 4.78. The lowest BCUT2D eigenvalue weighted by Crippen LogP contribution is -2.50. The standard InChI is InChI=1S/C19H26N4O3/c24-18(13-5-9-22(10-6-13)17-12-20-7-8-21-17)23-15-4-2-1-3-14(15)11-16(23)19(25)26/h7-8,12-16H,1-6,9-11H2,(H,25,26). The minimum absolute atomic E-state index is 0.0607. The molecule has 3 heterocycles. The van der Waals surface area contributed by atoms with E-state index in [9.17, 15) is 14.7 Å². The average Bonchev–Trinajstić information content (AvgIpc) is 3.08. The molecular formula is C19H26N4O3. The topological polar surface area (TPSA) is 86.6 Å². The van der Waals surface area contributed by atoms with Gasteiger partial charge in [0.15, 0.2) is 0 Å². The highest BCUT2D eigenvalue weighted by Gasteiger charge is 2.48. The van der Waals surface area contributed by atoms with Crippen molar-refractivity contribution in [2.45, 2.75) is 57.0 Å². The molecule has 3 atom stereocenters. The quantitative estimate of drug-likeness (QED) is 0.889. The van der Waals surface area contributed by atoms with Gasteiger partial charge in [-0.3, -0.25) is 9.78 Å². The predicted molar refractivity (Wildman–Crippen MR) is 95.6 cm³/mol. The number of carbonyl (C=O) groups is 2. The van der Waals surface area contributed by atoms with Gasteiger partial charge in [0.2, 0.25) is 5.91 Å². The lowest BCUT2D eigenvalue weighted by molar-refractivity contribution is -0.152. The number of rotatable bonds is 3. The fourth-order valence-electron chi connectivity index (χ4n) is 5.02. The molecule has 2 saturated heterocycles. The zero-order valence-electron chi connectivity index (χ0n) is 15.0. The second-order valence-corrected chi connectivity index (χ2v) is 7.77. The van der Waals surface area contributed by atoms with Crippen LogP contribution in [0.15, 0.2) is 18.6 Å². The number of piperidine rings is 1. The van der Waals surface area contributed by atoms with E-state index >= 15 is 0 Å². The minimum Gasteiger partial charge on any atom is -0.480 e. The van der Waals surface area contributed by atoms with Crippen LogP contribution >= 0.6 is 0 Å². The molecule has 3 aliphatic rings. The van der Waals surface area contributed by atoms with Gasteiger partial charge in [-0.25, -0.2) is 9.78 Å². The van der Waals surface area contributed by atoms with Crippen molar-refractivity contribution in [2.24, 2.45) is 11.8 Å². The molecule has 7 heteroatoms. The molecule has 1 aromatic heterocycles. The molecule has 1 amide bonds. The molecule has 0 radical (unpaired) electrons. The first-order chi connectivity index (χ1) is 12.6. The first-order valence-corrected chi connectivity index (χ1v) is 9.71. The number of amides is 1. The number of aromatic nitrogens is 2. The zero-order valence-corrected chi connectivity index (χ0v) is 15.0. The molecule has 7 nitrogen and oxygen atoms in total. The number of hydrogen-bond donors (Lipinski definition) is 1. The van der Waals surface area contributed by atoms with Crippen molar-refractivity contribution in [2.75, 3.05) is 18.0 Å². The third kappa shape index (κ3) is 3.15. The largest absolute Gasteiger partial charge is 0.480 e. The van der Waals surface area contributed by atoms with Gasteiger partial charge in [-0.05, 0) is 38.0 Å². The van der Waals surface area contributed by atoms with Gasteiger partial charge in [-0.2, -0.15) is 0 Å². The fourth-order valence-corrected chi connectivity index (χ4v) is 5.02. The number of likely N-dealkylation sites (tertiary alicyclic amines) is 1. The van der Waals surface area contributed by atoms with Gasteiger partial charge in [0.1, 0.15) is 11.9 Å². The highest BCUT2D eigenvalue weighted by molar-refractivity contribution is 5.86. The normalized spacial score (nSPS) is 29.5. The molecule has 1 aromatic rings. The summed E-state index contributed by atoms with van der Waals surface area (Å²) >= 11 is 0. The van der Waals surface area contributed by atoms with Crippen LogP contribution in [0.25, 0.3) is 0 Å². The van der Waals surface area contributed by atoms with Crippen LogP contribution in [0.4, 0.5) is 5.82 Å². The second-order valence-electron chi connectivity index (χ2n) is 7.77. The van der Waals surface area contributed by atoms with Crippen molar-refractivity contribution in [1.29, 1.82) is 0 Å². The molecule has 1 saturated carbocycles. The molecule has 3 unspecified atom stereocenters. The molecule has 1 N–H and O–H groups in total. The van der Waals surface area contributed by atoms with Crippen molar-refractivity contribution in [3.05, 3.63) is 18.6 Å². The summed E-state index contributed by atoms with van der Waals surface area (Å²) in [5.74, 6) is 0.351. The van der Waals surface area contributed by atoms with Gasteiger partial charge in [-0.15, -0.1) is 0 Å². The van der Waals surface area contributed by atoms with Crippen molar-refractivity contribution in [3.8, 4) is 0 Å². The van der Waals surface area contributed by atoms with Gasteiger partial charge >= 0.3 is 5.97 Å². The van der Waals surface area contributed by atoms with E-state index in [-0.39, 0.29) is 17.9 Å². The van der Waals surface area contributed by atoms with Crippen LogP contribution in [0.5, 0.6) is 0 Å². The van der Waals surface area contributed by atoms with Gasteiger partial charge in [0, 0.05) is 37.4 Å². The van der Waals surface area contributed by atoms with E-state index in [0.29, 0.717) is 12.3 Å². The fraction of sp³-hybridized carbons (Fsp3) is 0.684. The number of fused-ring (bicyclic) bond motifs is 1. The van der Waals surface area contributed by atoms with Crippen LogP contribution < -0.4 is 4.90 Å². The summed E-state index contributed by atoms with van der Waals surface area (Å²) in [6.45, 7) is 1.52. The highest BCUT2D eigenvalue weighted by Crippen LogP contribution is 2.41. The SMILES string of the molecule is O=C(O)C1CC2CCCCC2N1C(=O)C1CCN(c2cnccn2)CC1. The van der Waals surface area contributed by atoms with Crippen LogP contribution in [0.3, 0.4) is 0 Å². The molecule has 0 bridgehead atoms. The van der Waals surface area contributed by atoms with Crippen LogP contribution in [0, 0.1) is 11.8 Å². The number of carboxylic acids is 1. The Labute approximate surface area is 153 Å². The van der Waals surface area contributed by atoms with Crippen molar-refractivity contribution in [1.82, 2.24) is 14.9 Å².